The molecule has 0 spiro atoms. The third-order valence-electron chi connectivity index (χ3n) is 5.17. The van der Waals surface area contributed by atoms with Gasteiger partial charge in [0.25, 0.3) is 0 Å². The van der Waals surface area contributed by atoms with Gasteiger partial charge in [-0.15, -0.1) is 0 Å². The average molecular weight is 292 g/mol. The topological polar surface area (TPSA) is 33.1 Å². The van der Waals surface area contributed by atoms with Crippen molar-refractivity contribution in [2.45, 2.75) is 52.6 Å². The Morgan fingerprint density at radius 3 is 2.71 bits per heavy atom. The van der Waals surface area contributed by atoms with Crippen molar-refractivity contribution in [2.24, 2.45) is 18.9 Å². The largest absolute Gasteiger partial charge is 0.311 e. The molecule has 1 N–H and O–H groups in total. The van der Waals surface area contributed by atoms with Gasteiger partial charge in [-0.25, -0.2) is 0 Å². The van der Waals surface area contributed by atoms with Gasteiger partial charge in [0.1, 0.15) is 0 Å². The first-order valence-corrected chi connectivity index (χ1v) is 8.47. The lowest BCUT2D eigenvalue weighted by atomic mass is 9.92. The fourth-order valence-electron chi connectivity index (χ4n) is 3.34. The van der Waals surface area contributed by atoms with Gasteiger partial charge in [0.15, 0.2) is 0 Å². The molecule has 3 atom stereocenters. The Bertz CT molecular complexity index is 426. The highest BCUT2D eigenvalue weighted by Gasteiger charge is 2.31. The van der Waals surface area contributed by atoms with E-state index in [1.165, 1.54) is 18.7 Å². The Morgan fingerprint density at radius 2 is 2.14 bits per heavy atom. The Morgan fingerprint density at radius 1 is 1.38 bits per heavy atom. The molecule has 3 unspecified atom stereocenters. The molecule has 21 heavy (non-hydrogen) atoms. The smallest absolute Gasteiger partial charge is 0.0492 e. The summed E-state index contributed by atoms with van der Waals surface area (Å²) in [6.45, 7) is 12.8. The summed E-state index contributed by atoms with van der Waals surface area (Å²) in [7, 11) is 2.04. The quantitative estimate of drug-likeness (QED) is 0.873. The van der Waals surface area contributed by atoms with Crippen molar-refractivity contribution in [3.05, 3.63) is 18.0 Å². The minimum Gasteiger partial charge on any atom is -0.311 e. The first kappa shape index (κ1) is 16.5. The van der Waals surface area contributed by atoms with Crippen molar-refractivity contribution in [1.29, 1.82) is 0 Å². The predicted molar refractivity (Wildman–Crippen MR) is 88.4 cm³/mol. The Balaban J connectivity index is 1.98. The van der Waals surface area contributed by atoms with E-state index in [9.17, 15) is 0 Å². The lowest BCUT2D eigenvalue weighted by molar-refractivity contribution is 0.0827. The predicted octanol–water partition coefficient (Wildman–Crippen LogP) is 2.31. The van der Waals surface area contributed by atoms with Crippen molar-refractivity contribution >= 4 is 0 Å². The molecule has 1 fully saturated rings. The molecule has 1 aromatic heterocycles. The molecule has 0 radical (unpaired) electrons. The van der Waals surface area contributed by atoms with Gasteiger partial charge in [0.2, 0.25) is 0 Å². The van der Waals surface area contributed by atoms with E-state index >= 15 is 0 Å². The van der Waals surface area contributed by atoms with Crippen LogP contribution in [0.5, 0.6) is 0 Å². The zero-order chi connectivity index (χ0) is 15.4. The molecule has 1 saturated heterocycles. The number of hydrogen-bond donors (Lipinski definition) is 1. The highest BCUT2D eigenvalue weighted by Crippen LogP contribution is 2.20. The van der Waals surface area contributed by atoms with Crippen molar-refractivity contribution in [1.82, 2.24) is 20.0 Å². The Kier molecular flexibility index (Phi) is 5.82. The van der Waals surface area contributed by atoms with E-state index in [1.807, 2.05) is 17.9 Å². The van der Waals surface area contributed by atoms with E-state index in [0.717, 1.165) is 25.4 Å². The molecule has 1 aliphatic rings. The molecule has 0 bridgehead atoms. The summed E-state index contributed by atoms with van der Waals surface area (Å²) in [6.07, 6.45) is 4.24. The van der Waals surface area contributed by atoms with E-state index in [2.05, 4.69) is 49.1 Å². The second-order valence-electron chi connectivity index (χ2n) is 6.90. The monoisotopic (exact) mass is 292 g/mol. The molecule has 0 aromatic carbocycles. The van der Waals surface area contributed by atoms with Gasteiger partial charge in [0.05, 0.1) is 0 Å². The van der Waals surface area contributed by atoms with E-state index in [-0.39, 0.29) is 0 Å². The van der Waals surface area contributed by atoms with Gasteiger partial charge in [-0.05, 0) is 17.9 Å². The first-order valence-electron chi connectivity index (χ1n) is 8.47. The normalized spacial score (nSPS) is 25.4. The number of hydrogen-bond acceptors (Lipinski definition) is 3. The summed E-state index contributed by atoms with van der Waals surface area (Å²) < 4.78 is 2.00. The summed E-state index contributed by atoms with van der Waals surface area (Å²) in [5.41, 5.74) is 1.33. The van der Waals surface area contributed by atoms with Crippen LogP contribution in [-0.2, 0) is 13.5 Å². The summed E-state index contributed by atoms with van der Waals surface area (Å²) in [5.74, 6) is 1.44. The SMILES string of the molecule is CCC(C)C1CN(CCc2ccnn2C)C(C(C)C)CN1. The molecule has 4 nitrogen and oxygen atoms in total. The van der Waals surface area contributed by atoms with E-state index in [0.29, 0.717) is 18.0 Å². The highest BCUT2D eigenvalue weighted by molar-refractivity contribution is 5.01. The van der Waals surface area contributed by atoms with Gasteiger partial charge in [-0.3, -0.25) is 9.58 Å². The number of aryl methyl sites for hydroxylation is 1. The molecule has 0 aliphatic carbocycles. The van der Waals surface area contributed by atoms with Crippen LogP contribution in [0.2, 0.25) is 0 Å². The van der Waals surface area contributed by atoms with Crippen molar-refractivity contribution in [3.8, 4) is 0 Å². The number of rotatable bonds is 6. The minimum atomic E-state index is 0.636. The summed E-state index contributed by atoms with van der Waals surface area (Å²) in [6, 6.07) is 3.42. The van der Waals surface area contributed by atoms with Crippen molar-refractivity contribution < 1.29 is 0 Å². The molecular formula is C17H32N4. The third kappa shape index (κ3) is 4.07. The second kappa shape index (κ2) is 7.41. The lowest BCUT2D eigenvalue weighted by Gasteiger charge is -2.44. The standard InChI is InChI=1S/C17H32N4/c1-6-14(4)16-12-21(17(11-18-16)13(2)3)10-8-15-7-9-19-20(15)5/h7,9,13-14,16-18H,6,8,10-12H2,1-5H3. The van der Waals surface area contributed by atoms with Crippen LogP contribution in [0, 0.1) is 11.8 Å². The molecule has 120 valence electrons. The zero-order valence-corrected chi connectivity index (χ0v) is 14.3. The third-order valence-corrected chi connectivity index (χ3v) is 5.17. The number of nitrogens with one attached hydrogen (secondary N) is 1. The molecule has 2 heterocycles. The summed E-state index contributed by atoms with van der Waals surface area (Å²) in [5, 5.41) is 8.05. The van der Waals surface area contributed by atoms with Crippen LogP contribution in [-0.4, -0.2) is 46.4 Å². The molecule has 1 aromatic rings. The van der Waals surface area contributed by atoms with Gasteiger partial charge >= 0.3 is 0 Å². The maximum Gasteiger partial charge on any atom is 0.0492 e. The number of aromatic nitrogens is 2. The fraction of sp³-hybridized carbons (Fsp3) is 0.824. The maximum atomic E-state index is 4.28. The second-order valence-corrected chi connectivity index (χ2v) is 6.90. The average Bonchev–Trinajstić information content (AvgIpc) is 2.89. The molecule has 0 saturated carbocycles. The molecular weight excluding hydrogens is 260 g/mol. The summed E-state index contributed by atoms with van der Waals surface area (Å²) in [4.78, 5) is 2.70. The van der Waals surface area contributed by atoms with Crippen LogP contribution in [0.25, 0.3) is 0 Å². The zero-order valence-electron chi connectivity index (χ0n) is 14.3. The van der Waals surface area contributed by atoms with Crippen LogP contribution in [0.15, 0.2) is 12.3 Å². The Hall–Kier alpha value is -0.870. The fourth-order valence-corrected chi connectivity index (χ4v) is 3.34. The molecule has 4 heteroatoms. The van der Waals surface area contributed by atoms with E-state index in [4.69, 9.17) is 0 Å². The van der Waals surface area contributed by atoms with Gasteiger partial charge in [-0.2, -0.15) is 5.10 Å². The van der Waals surface area contributed by atoms with E-state index in [1.54, 1.807) is 0 Å². The van der Waals surface area contributed by atoms with Crippen molar-refractivity contribution in [2.75, 3.05) is 19.6 Å². The van der Waals surface area contributed by atoms with E-state index < -0.39 is 0 Å². The van der Waals surface area contributed by atoms with Crippen molar-refractivity contribution in [3.63, 3.8) is 0 Å². The van der Waals surface area contributed by atoms with Crippen LogP contribution < -0.4 is 5.32 Å². The van der Waals surface area contributed by atoms with Gasteiger partial charge < -0.3 is 5.32 Å². The molecule has 2 rings (SSSR count). The minimum absolute atomic E-state index is 0.636. The first-order chi connectivity index (χ1) is 10.0. The Labute approximate surface area is 129 Å². The molecule has 1 aliphatic heterocycles. The van der Waals surface area contributed by atoms with Crippen LogP contribution in [0.4, 0.5) is 0 Å². The molecule has 0 amide bonds. The van der Waals surface area contributed by atoms with Crippen LogP contribution >= 0.6 is 0 Å². The number of piperazine rings is 1. The van der Waals surface area contributed by atoms with Gasteiger partial charge in [0, 0.05) is 57.1 Å². The highest BCUT2D eigenvalue weighted by atomic mass is 15.3. The lowest BCUT2D eigenvalue weighted by Crippen LogP contribution is -2.60. The maximum absolute atomic E-state index is 4.28. The number of nitrogens with zero attached hydrogens (tertiary/aromatic N) is 3. The van der Waals surface area contributed by atoms with Gasteiger partial charge in [-0.1, -0.05) is 34.1 Å². The van der Waals surface area contributed by atoms with Crippen LogP contribution in [0.3, 0.4) is 0 Å². The summed E-state index contributed by atoms with van der Waals surface area (Å²) >= 11 is 0. The van der Waals surface area contributed by atoms with Crippen LogP contribution in [0.1, 0.15) is 39.8 Å².